The number of piperidine rings is 1. The molecule has 1 aromatic rings. The van der Waals surface area contributed by atoms with Crippen molar-refractivity contribution >= 4 is 29.9 Å². The molecule has 27 heavy (non-hydrogen) atoms. The predicted molar refractivity (Wildman–Crippen MR) is 109 cm³/mol. The summed E-state index contributed by atoms with van der Waals surface area (Å²) in [6, 6.07) is 7.78. The number of rotatable bonds is 3. The molecule has 3 fully saturated rings. The van der Waals surface area contributed by atoms with E-state index in [0.29, 0.717) is 17.5 Å². The highest BCUT2D eigenvalue weighted by Gasteiger charge is 2.38. The fourth-order valence-electron chi connectivity index (χ4n) is 4.76. The summed E-state index contributed by atoms with van der Waals surface area (Å²) in [5, 5.41) is 6.53. The molecule has 148 valence electrons. The third-order valence-electron chi connectivity index (χ3n) is 6.20. The third kappa shape index (κ3) is 4.64. The first kappa shape index (κ1) is 20.2. The molecule has 2 N–H and O–H groups in total. The summed E-state index contributed by atoms with van der Waals surface area (Å²) in [6.07, 6.45) is 9.28. The summed E-state index contributed by atoms with van der Waals surface area (Å²) >= 11 is 0. The summed E-state index contributed by atoms with van der Waals surface area (Å²) in [5.41, 5.74) is 1.38. The van der Waals surface area contributed by atoms with Crippen LogP contribution in [0, 0.1) is 5.92 Å². The second-order valence-corrected chi connectivity index (χ2v) is 8.03. The molecule has 0 spiro atoms. The van der Waals surface area contributed by atoms with E-state index in [1.54, 1.807) is 0 Å². The van der Waals surface area contributed by atoms with Gasteiger partial charge in [0.2, 0.25) is 5.91 Å². The number of anilines is 1. The zero-order valence-corrected chi connectivity index (χ0v) is 16.6. The van der Waals surface area contributed by atoms with Crippen LogP contribution in [0.15, 0.2) is 24.3 Å². The van der Waals surface area contributed by atoms with Crippen molar-refractivity contribution in [2.24, 2.45) is 5.92 Å². The number of fused-ring (bicyclic) bond motifs is 1. The summed E-state index contributed by atoms with van der Waals surface area (Å²) in [6.45, 7) is 1.67. The van der Waals surface area contributed by atoms with Crippen molar-refractivity contribution in [1.29, 1.82) is 0 Å². The zero-order chi connectivity index (χ0) is 17.9. The molecule has 2 aliphatic heterocycles. The Morgan fingerprint density at radius 3 is 2.59 bits per heavy atom. The number of halogens is 1. The topological polar surface area (TPSA) is 61.4 Å². The van der Waals surface area contributed by atoms with Crippen LogP contribution >= 0.6 is 12.4 Å². The molecule has 1 aliphatic carbocycles. The number of nitrogens with zero attached hydrogens (tertiary/aromatic N) is 1. The SMILES string of the molecule is Cl.O=C(Nc1cccc(C(=O)N2CCCCC2)c1)C1CC2CCCCC2N1. The van der Waals surface area contributed by atoms with Crippen LogP contribution in [0.4, 0.5) is 5.69 Å². The maximum Gasteiger partial charge on any atom is 0.253 e. The number of hydrogen-bond donors (Lipinski definition) is 2. The zero-order valence-electron chi connectivity index (χ0n) is 15.8. The van der Waals surface area contributed by atoms with Crippen LogP contribution in [-0.2, 0) is 4.79 Å². The van der Waals surface area contributed by atoms with Crippen molar-refractivity contribution in [2.75, 3.05) is 18.4 Å². The average molecular weight is 392 g/mol. The van der Waals surface area contributed by atoms with Crippen molar-refractivity contribution in [2.45, 2.75) is 63.5 Å². The van der Waals surface area contributed by atoms with Crippen LogP contribution in [0.2, 0.25) is 0 Å². The van der Waals surface area contributed by atoms with E-state index in [1.807, 2.05) is 29.2 Å². The van der Waals surface area contributed by atoms with Gasteiger partial charge in [-0.2, -0.15) is 0 Å². The number of likely N-dealkylation sites (tertiary alicyclic amines) is 1. The predicted octanol–water partition coefficient (Wildman–Crippen LogP) is 3.59. The van der Waals surface area contributed by atoms with Crippen LogP contribution in [0.5, 0.6) is 0 Å². The van der Waals surface area contributed by atoms with E-state index in [2.05, 4.69) is 10.6 Å². The Balaban J connectivity index is 0.00000210. The monoisotopic (exact) mass is 391 g/mol. The molecule has 5 nitrogen and oxygen atoms in total. The van der Waals surface area contributed by atoms with E-state index in [0.717, 1.165) is 38.0 Å². The van der Waals surface area contributed by atoms with E-state index in [9.17, 15) is 9.59 Å². The van der Waals surface area contributed by atoms with E-state index in [1.165, 1.54) is 32.1 Å². The van der Waals surface area contributed by atoms with Gasteiger partial charge in [-0.1, -0.05) is 18.9 Å². The van der Waals surface area contributed by atoms with E-state index in [-0.39, 0.29) is 30.3 Å². The standard InChI is InChI=1S/C21H29N3O2.ClH/c25-20(19-14-15-7-2-3-10-18(15)23-19)22-17-9-6-8-16(13-17)21(26)24-11-4-1-5-12-24;/h6,8-9,13,15,18-19,23H,1-5,7,10-12,14H2,(H,22,25);1H. The van der Waals surface area contributed by atoms with Gasteiger partial charge in [-0.05, 0) is 62.6 Å². The molecule has 2 saturated heterocycles. The van der Waals surface area contributed by atoms with E-state index in [4.69, 9.17) is 0 Å². The van der Waals surface area contributed by atoms with Gasteiger partial charge in [-0.3, -0.25) is 9.59 Å². The molecule has 1 saturated carbocycles. The average Bonchev–Trinajstić information content (AvgIpc) is 3.13. The number of carbonyl (C=O) groups is 2. The number of amides is 2. The van der Waals surface area contributed by atoms with Gasteiger partial charge < -0.3 is 15.5 Å². The number of hydrogen-bond acceptors (Lipinski definition) is 3. The molecule has 2 heterocycles. The largest absolute Gasteiger partial charge is 0.339 e. The smallest absolute Gasteiger partial charge is 0.253 e. The maximum absolute atomic E-state index is 12.7. The molecule has 6 heteroatoms. The minimum atomic E-state index is -0.107. The molecule has 2 amide bonds. The van der Waals surface area contributed by atoms with Crippen LogP contribution in [0.25, 0.3) is 0 Å². The molecule has 3 atom stereocenters. The normalized spacial score (nSPS) is 27.4. The molecule has 4 rings (SSSR count). The van der Waals surface area contributed by atoms with Gasteiger partial charge in [0.1, 0.15) is 0 Å². The van der Waals surface area contributed by atoms with Crippen molar-refractivity contribution in [1.82, 2.24) is 10.2 Å². The summed E-state index contributed by atoms with van der Waals surface area (Å²) in [7, 11) is 0. The van der Waals surface area contributed by atoms with Crippen molar-refractivity contribution in [3.8, 4) is 0 Å². The molecule has 0 bridgehead atoms. The van der Waals surface area contributed by atoms with E-state index < -0.39 is 0 Å². The highest BCUT2D eigenvalue weighted by atomic mass is 35.5. The lowest BCUT2D eigenvalue weighted by Gasteiger charge is -2.26. The Morgan fingerprint density at radius 2 is 1.81 bits per heavy atom. The number of benzene rings is 1. The molecule has 0 aromatic heterocycles. The number of nitrogens with one attached hydrogen (secondary N) is 2. The Hall–Kier alpha value is -1.59. The quantitative estimate of drug-likeness (QED) is 0.827. The first-order chi connectivity index (χ1) is 12.7. The van der Waals surface area contributed by atoms with Gasteiger partial charge in [0, 0.05) is 30.4 Å². The van der Waals surface area contributed by atoms with Gasteiger partial charge in [0.05, 0.1) is 6.04 Å². The van der Waals surface area contributed by atoms with Gasteiger partial charge in [0.25, 0.3) is 5.91 Å². The molecule has 3 unspecified atom stereocenters. The van der Waals surface area contributed by atoms with Gasteiger partial charge in [-0.25, -0.2) is 0 Å². The molecule has 3 aliphatic rings. The minimum Gasteiger partial charge on any atom is -0.339 e. The summed E-state index contributed by atoms with van der Waals surface area (Å²) < 4.78 is 0. The van der Waals surface area contributed by atoms with Crippen LogP contribution in [0.3, 0.4) is 0 Å². The van der Waals surface area contributed by atoms with Gasteiger partial charge in [0.15, 0.2) is 0 Å². The number of carbonyl (C=O) groups excluding carboxylic acids is 2. The molecule has 0 radical (unpaired) electrons. The second-order valence-electron chi connectivity index (χ2n) is 8.03. The fourth-order valence-corrected chi connectivity index (χ4v) is 4.76. The highest BCUT2D eigenvalue weighted by Crippen LogP contribution is 2.33. The molecule has 1 aromatic carbocycles. The highest BCUT2D eigenvalue weighted by molar-refractivity contribution is 5.98. The molecular formula is C21H30ClN3O2. The Morgan fingerprint density at radius 1 is 1.04 bits per heavy atom. The first-order valence-electron chi connectivity index (χ1n) is 10.2. The third-order valence-corrected chi connectivity index (χ3v) is 6.20. The van der Waals surface area contributed by atoms with Gasteiger partial charge in [-0.15, -0.1) is 12.4 Å². The van der Waals surface area contributed by atoms with Crippen LogP contribution in [0.1, 0.15) is 61.7 Å². The lowest BCUT2D eigenvalue weighted by atomic mass is 9.85. The second kappa shape index (κ2) is 9.07. The Kier molecular flexibility index (Phi) is 6.77. The fraction of sp³-hybridized carbons (Fsp3) is 0.619. The summed E-state index contributed by atoms with van der Waals surface area (Å²) in [5.74, 6) is 0.749. The summed E-state index contributed by atoms with van der Waals surface area (Å²) in [4.78, 5) is 27.3. The molecular weight excluding hydrogens is 362 g/mol. The minimum absolute atomic E-state index is 0. The first-order valence-corrected chi connectivity index (χ1v) is 10.2. The van der Waals surface area contributed by atoms with Crippen molar-refractivity contribution < 1.29 is 9.59 Å². The Labute approximate surface area is 167 Å². The van der Waals surface area contributed by atoms with Crippen molar-refractivity contribution in [3.05, 3.63) is 29.8 Å². The van der Waals surface area contributed by atoms with E-state index >= 15 is 0 Å². The Bertz CT molecular complexity index is 661. The maximum atomic E-state index is 12.7. The lowest BCUT2D eigenvalue weighted by Crippen LogP contribution is -2.40. The van der Waals surface area contributed by atoms with Crippen LogP contribution in [-0.4, -0.2) is 41.9 Å². The lowest BCUT2D eigenvalue weighted by molar-refractivity contribution is -0.117. The van der Waals surface area contributed by atoms with Crippen molar-refractivity contribution in [3.63, 3.8) is 0 Å². The van der Waals surface area contributed by atoms with Crippen LogP contribution < -0.4 is 10.6 Å². The van der Waals surface area contributed by atoms with Gasteiger partial charge >= 0.3 is 0 Å².